The lowest BCUT2D eigenvalue weighted by atomic mass is 10.1. The van der Waals surface area contributed by atoms with Crippen molar-refractivity contribution in [2.45, 2.75) is 26.7 Å². The van der Waals surface area contributed by atoms with Crippen LogP contribution in [-0.2, 0) is 11.2 Å². The highest BCUT2D eigenvalue weighted by molar-refractivity contribution is 7.09. The Bertz CT molecular complexity index is 241. The van der Waals surface area contributed by atoms with E-state index < -0.39 is 0 Å². The molecule has 1 rings (SSSR count). The molecule has 12 heavy (non-hydrogen) atoms. The van der Waals surface area contributed by atoms with Crippen LogP contribution in [0.15, 0.2) is 11.6 Å². The Morgan fingerprint density at radius 2 is 2.42 bits per heavy atom. The van der Waals surface area contributed by atoms with Crippen LogP contribution in [0.2, 0.25) is 0 Å². The highest BCUT2D eigenvalue weighted by atomic mass is 32.1. The Morgan fingerprint density at radius 1 is 1.67 bits per heavy atom. The standard InChI is InChI=1S/C9H13NOS/c1-7(2)5-8(11)6-9-10-3-4-12-9/h3-4,7H,5-6H2,1-2H3. The van der Waals surface area contributed by atoms with Gasteiger partial charge in [-0.05, 0) is 5.92 Å². The van der Waals surface area contributed by atoms with E-state index in [4.69, 9.17) is 0 Å². The zero-order valence-electron chi connectivity index (χ0n) is 7.41. The number of thiazole rings is 1. The summed E-state index contributed by atoms with van der Waals surface area (Å²) in [6, 6.07) is 0. The molecule has 0 unspecified atom stereocenters. The van der Waals surface area contributed by atoms with Gasteiger partial charge < -0.3 is 0 Å². The maximum absolute atomic E-state index is 11.3. The van der Waals surface area contributed by atoms with E-state index in [1.165, 1.54) is 0 Å². The van der Waals surface area contributed by atoms with Crippen molar-refractivity contribution in [3.63, 3.8) is 0 Å². The van der Waals surface area contributed by atoms with E-state index in [1.54, 1.807) is 17.5 Å². The average molecular weight is 183 g/mol. The molecule has 0 saturated heterocycles. The number of hydrogen-bond donors (Lipinski definition) is 0. The molecule has 0 spiro atoms. The van der Waals surface area contributed by atoms with Gasteiger partial charge in [-0.25, -0.2) is 4.98 Å². The minimum absolute atomic E-state index is 0.292. The number of nitrogens with zero attached hydrogens (tertiary/aromatic N) is 1. The van der Waals surface area contributed by atoms with Gasteiger partial charge in [0.05, 0.1) is 11.4 Å². The van der Waals surface area contributed by atoms with Gasteiger partial charge >= 0.3 is 0 Å². The summed E-state index contributed by atoms with van der Waals surface area (Å²) in [5, 5.41) is 2.83. The monoisotopic (exact) mass is 183 g/mol. The molecule has 2 nitrogen and oxygen atoms in total. The lowest BCUT2D eigenvalue weighted by Gasteiger charge is -2.00. The maximum atomic E-state index is 11.3. The van der Waals surface area contributed by atoms with E-state index >= 15 is 0 Å². The van der Waals surface area contributed by atoms with Crippen molar-refractivity contribution < 1.29 is 4.79 Å². The fourth-order valence-electron chi connectivity index (χ4n) is 1.04. The molecule has 0 aliphatic heterocycles. The van der Waals surface area contributed by atoms with Gasteiger partial charge in [0, 0.05) is 18.0 Å². The molecule has 1 heterocycles. The second kappa shape index (κ2) is 4.36. The molecule has 0 atom stereocenters. The van der Waals surface area contributed by atoms with Gasteiger partial charge in [0.25, 0.3) is 0 Å². The van der Waals surface area contributed by atoms with Crippen LogP contribution >= 0.6 is 11.3 Å². The van der Waals surface area contributed by atoms with Crippen molar-refractivity contribution in [3.8, 4) is 0 Å². The van der Waals surface area contributed by atoms with Crippen LogP contribution in [0.1, 0.15) is 25.3 Å². The van der Waals surface area contributed by atoms with Crippen LogP contribution in [0.4, 0.5) is 0 Å². The SMILES string of the molecule is CC(C)CC(=O)Cc1nccs1. The molecule has 0 aliphatic rings. The summed E-state index contributed by atoms with van der Waals surface area (Å²) in [6.45, 7) is 4.11. The first-order chi connectivity index (χ1) is 5.68. The van der Waals surface area contributed by atoms with E-state index in [2.05, 4.69) is 18.8 Å². The van der Waals surface area contributed by atoms with Crippen LogP contribution in [0.5, 0.6) is 0 Å². The highest BCUT2D eigenvalue weighted by Crippen LogP contribution is 2.08. The van der Waals surface area contributed by atoms with Crippen molar-refractivity contribution >= 4 is 17.1 Å². The summed E-state index contributed by atoms with van der Waals surface area (Å²) in [5.41, 5.74) is 0. The molecule has 0 fully saturated rings. The Kier molecular flexibility index (Phi) is 3.41. The van der Waals surface area contributed by atoms with Gasteiger partial charge in [-0.1, -0.05) is 13.8 Å². The normalized spacial score (nSPS) is 10.6. The Balaban J connectivity index is 2.37. The van der Waals surface area contributed by atoms with Crippen LogP contribution in [-0.4, -0.2) is 10.8 Å². The Labute approximate surface area is 76.6 Å². The van der Waals surface area contributed by atoms with E-state index in [0.29, 0.717) is 24.5 Å². The van der Waals surface area contributed by atoms with Crippen LogP contribution in [0.3, 0.4) is 0 Å². The van der Waals surface area contributed by atoms with Gasteiger partial charge in [-0.15, -0.1) is 11.3 Å². The second-order valence-electron chi connectivity index (χ2n) is 3.24. The molecule has 0 N–H and O–H groups in total. The van der Waals surface area contributed by atoms with Crippen molar-refractivity contribution in [3.05, 3.63) is 16.6 Å². The molecule has 0 amide bonds. The fourth-order valence-corrected chi connectivity index (χ4v) is 1.68. The second-order valence-corrected chi connectivity index (χ2v) is 4.22. The number of carbonyl (C=O) groups is 1. The zero-order valence-corrected chi connectivity index (χ0v) is 8.23. The lowest BCUT2D eigenvalue weighted by molar-refractivity contribution is -0.119. The molecule has 3 heteroatoms. The number of ketones is 1. The van der Waals surface area contributed by atoms with Crippen molar-refractivity contribution in [2.75, 3.05) is 0 Å². The summed E-state index contributed by atoms with van der Waals surface area (Å²) in [4.78, 5) is 15.3. The number of rotatable bonds is 4. The Hall–Kier alpha value is -0.700. The molecule has 0 bridgehead atoms. The first-order valence-electron chi connectivity index (χ1n) is 4.08. The summed E-state index contributed by atoms with van der Waals surface area (Å²) in [7, 11) is 0. The van der Waals surface area contributed by atoms with Crippen molar-refractivity contribution in [1.29, 1.82) is 0 Å². The topological polar surface area (TPSA) is 30.0 Å². The van der Waals surface area contributed by atoms with E-state index in [1.807, 2.05) is 5.38 Å². The molecule has 0 aliphatic carbocycles. The number of carbonyl (C=O) groups excluding carboxylic acids is 1. The van der Waals surface area contributed by atoms with Gasteiger partial charge in [0.15, 0.2) is 0 Å². The maximum Gasteiger partial charge on any atom is 0.139 e. The van der Waals surface area contributed by atoms with Gasteiger partial charge in [-0.2, -0.15) is 0 Å². The molecule has 0 radical (unpaired) electrons. The quantitative estimate of drug-likeness (QED) is 0.717. The largest absolute Gasteiger partial charge is 0.299 e. The molecule has 1 aromatic heterocycles. The van der Waals surface area contributed by atoms with Crippen molar-refractivity contribution in [1.82, 2.24) is 4.98 Å². The summed E-state index contributed by atoms with van der Waals surface area (Å²) >= 11 is 1.55. The minimum Gasteiger partial charge on any atom is -0.299 e. The smallest absolute Gasteiger partial charge is 0.139 e. The molecular formula is C9H13NOS. The van der Waals surface area contributed by atoms with Crippen LogP contribution in [0, 0.1) is 5.92 Å². The summed E-state index contributed by atoms with van der Waals surface area (Å²) < 4.78 is 0. The van der Waals surface area contributed by atoms with Crippen LogP contribution in [0.25, 0.3) is 0 Å². The van der Waals surface area contributed by atoms with Gasteiger partial charge in [0.2, 0.25) is 0 Å². The average Bonchev–Trinajstić information content (AvgIpc) is 2.37. The van der Waals surface area contributed by atoms with E-state index in [-0.39, 0.29) is 0 Å². The number of hydrogen-bond acceptors (Lipinski definition) is 3. The van der Waals surface area contributed by atoms with Gasteiger partial charge in [0.1, 0.15) is 5.78 Å². The Morgan fingerprint density at radius 3 is 2.92 bits per heavy atom. The number of aromatic nitrogens is 1. The van der Waals surface area contributed by atoms with E-state index in [0.717, 1.165) is 5.01 Å². The first-order valence-corrected chi connectivity index (χ1v) is 4.96. The minimum atomic E-state index is 0.292. The van der Waals surface area contributed by atoms with Crippen LogP contribution < -0.4 is 0 Å². The predicted octanol–water partition coefficient (Wildman–Crippen LogP) is 2.30. The molecule has 0 saturated carbocycles. The van der Waals surface area contributed by atoms with Crippen molar-refractivity contribution in [2.24, 2.45) is 5.92 Å². The zero-order chi connectivity index (χ0) is 8.97. The summed E-state index contributed by atoms with van der Waals surface area (Å²) in [6.07, 6.45) is 2.91. The summed E-state index contributed by atoms with van der Waals surface area (Å²) in [5.74, 6) is 0.748. The first kappa shape index (κ1) is 9.39. The molecule has 66 valence electrons. The predicted molar refractivity (Wildman–Crippen MR) is 50.3 cm³/mol. The number of Topliss-reactive ketones (excluding diaryl/α,β-unsaturated/α-hetero) is 1. The third kappa shape index (κ3) is 3.13. The fraction of sp³-hybridized carbons (Fsp3) is 0.556. The molecular weight excluding hydrogens is 170 g/mol. The third-order valence-corrected chi connectivity index (χ3v) is 2.25. The molecule has 0 aromatic carbocycles. The highest BCUT2D eigenvalue weighted by Gasteiger charge is 2.07. The van der Waals surface area contributed by atoms with E-state index in [9.17, 15) is 4.79 Å². The van der Waals surface area contributed by atoms with Gasteiger partial charge in [-0.3, -0.25) is 4.79 Å². The molecule has 1 aromatic rings. The lowest BCUT2D eigenvalue weighted by Crippen LogP contribution is -2.05. The third-order valence-electron chi connectivity index (χ3n) is 1.47.